The van der Waals surface area contributed by atoms with Crippen LogP contribution >= 0.6 is 0 Å². The molecule has 1 fully saturated rings. The first-order valence-corrected chi connectivity index (χ1v) is 11.0. The average molecular weight is 419 g/mol. The molecule has 4 rings (SSSR count). The molecule has 2 atom stereocenters. The van der Waals surface area contributed by atoms with E-state index in [1.807, 2.05) is 38.1 Å². The van der Waals surface area contributed by atoms with Crippen LogP contribution in [0.1, 0.15) is 48.4 Å². The van der Waals surface area contributed by atoms with Gasteiger partial charge in [0.2, 0.25) is 17.6 Å². The van der Waals surface area contributed by atoms with Gasteiger partial charge >= 0.3 is 0 Å². The molecule has 0 saturated carbocycles. The minimum atomic E-state index is -0.0274. The Labute approximate surface area is 183 Å². The number of benzene rings is 2. The highest BCUT2D eigenvalue weighted by Gasteiger charge is 2.28. The number of nitrogens with one attached hydrogen (secondary N) is 1. The molecule has 1 saturated heterocycles. The molecule has 2 aromatic carbocycles. The van der Waals surface area contributed by atoms with Crippen molar-refractivity contribution in [1.29, 1.82) is 0 Å². The zero-order chi connectivity index (χ0) is 21.8. The van der Waals surface area contributed by atoms with Crippen LogP contribution in [0.5, 0.6) is 0 Å². The summed E-state index contributed by atoms with van der Waals surface area (Å²) in [7, 11) is 0. The fraction of sp³-hybridized carbons (Fsp3) is 0.400. The standard InChI is InChI=1S/C25H30N4O2/c1-17-10-12-20(13-11-17)19(3)26-25(30)21-8-6-14-29(15-21)16-23-27-24(28-31-23)22-9-5-4-7-18(22)2/h4-5,7,9-13,19,21H,6,8,14-16H2,1-3H3,(H,26,30). The second-order valence-electron chi connectivity index (χ2n) is 8.54. The van der Waals surface area contributed by atoms with Gasteiger partial charge in [-0.1, -0.05) is 59.3 Å². The molecule has 1 aliphatic rings. The maximum atomic E-state index is 12.9. The molecule has 1 aromatic heterocycles. The summed E-state index contributed by atoms with van der Waals surface area (Å²) >= 11 is 0. The van der Waals surface area contributed by atoms with Crippen molar-refractivity contribution >= 4 is 5.91 Å². The van der Waals surface area contributed by atoms with Gasteiger partial charge in [0.25, 0.3) is 0 Å². The van der Waals surface area contributed by atoms with Crippen LogP contribution in [0.25, 0.3) is 11.4 Å². The third-order valence-electron chi connectivity index (χ3n) is 6.03. The van der Waals surface area contributed by atoms with E-state index in [4.69, 9.17) is 4.52 Å². The van der Waals surface area contributed by atoms with E-state index in [2.05, 4.69) is 51.5 Å². The molecule has 1 amide bonds. The Hall–Kier alpha value is -2.99. The van der Waals surface area contributed by atoms with E-state index < -0.39 is 0 Å². The summed E-state index contributed by atoms with van der Waals surface area (Å²) in [5.74, 6) is 1.29. The highest BCUT2D eigenvalue weighted by atomic mass is 16.5. The average Bonchev–Trinajstić information content (AvgIpc) is 3.22. The highest BCUT2D eigenvalue weighted by Crippen LogP contribution is 2.23. The van der Waals surface area contributed by atoms with Gasteiger partial charge < -0.3 is 9.84 Å². The molecular weight excluding hydrogens is 388 g/mol. The molecule has 1 aliphatic heterocycles. The van der Waals surface area contributed by atoms with Crippen LogP contribution in [0.2, 0.25) is 0 Å². The number of rotatable bonds is 6. The lowest BCUT2D eigenvalue weighted by Crippen LogP contribution is -2.43. The third-order valence-corrected chi connectivity index (χ3v) is 6.03. The molecule has 6 nitrogen and oxygen atoms in total. The Morgan fingerprint density at radius 2 is 1.97 bits per heavy atom. The molecule has 2 heterocycles. The van der Waals surface area contributed by atoms with Gasteiger partial charge in [-0.2, -0.15) is 4.98 Å². The molecule has 162 valence electrons. The van der Waals surface area contributed by atoms with Crippen molar-refractivity contribution in [2.24, 2.45) is 5.92 Å². The summed E-state index contributed by atoms with van der Waals surface area (Å²) in [4.78, 5) is 19.7. The van der Waals surface area contributed by atoms with Crippen molar-refractivity contribution in [3.05, 3.63) is 71.1 Å². The van der Waals surface area contributed by atoms with Gasteiger partial charge in [0.1, 0.15) is 0 Å². The molecule has 0 aliphatic carbocycles. The van der Waals surface area contributed by atoms with Crippen molar-refractivity contribution in [3.63, 3.8) is 0 Å². The largest absolute Gasteiger partial charge is 0.349 e. The number of nitrogens with zero attached hydrogens (tertiary/aromatic N) is 3. The number of aryl methyl sites for hydroxylation is 2. The number of carbonyl (C=O) groups excluding carboxylic acids is 1. The van der Waals surface area contributed by atoms with Crippen LogP contribution in [0.4, 0.5) is 0 Å². The van der Waals surface area contributed by atoms with Crippen molar-refractivity contribution < 1.29 is 9.32 Å². The SMILES string of the molecule is Cc1ccc(C(C)NC(=O)C2CCCN(Cc3nc(-c4ccccc4C)no3)C2)cc1. The molecule has 0 spiro atoms. The van der Waals surface area contributed by atoms with Gasteiger partial charge in [-0.25, -0.2) is 0 Å². The van der Waals surface area contributed by atoms with Crippen LogP contribution in [0.3, 0.4) is 0 Å². The van der Waals surface area contributed by atoms with Crippen molar-refractivity contribution in [2.75, 3.05) is 13.1 Å². The number of likely N-dealkylation sites (tertiary alicyclic amines) is 1. The lowest BCUT2D eigenvalue weighted by molar-refractivity contribution is -0.127. The van der Waals surface area contributed by atoms with E-state index in [1.54, 1.807) is 0 Å². The summed E-state index contributed by atoms with van der Waals surface area (Å²) in [5, 5.41) is 7.34. The van der Waals surface area contributed by atoms with Crippen molar-refractivity contribution in [2.45, 2.75) is 46.2 Å². The number of amides is 1. The first-order chi connectivity index (χ1) is 15.0. The van der Waals surface area contributed by atoms with Crippen LogP contribution in [0, 0.1) is 19.8 Å². The summed E-state index contributed by atoms with van der Waals surface area (Å²) in [5.41, 5.74) is 4.45. The maximum absolute atomic E-state index is 12.9. The van der Waals surface area contributed by atoms with Gasteiger partial charge in [-0.05, 0) is 51.3 Å². The lowest BCUT2D eigenvalue weighted by atomic mass is 9.96. The number of hydrogen-bond donors (Lipinski definition) is 1. The van der Waals surface area contributed by atoms with E-state index in [1.165, 1.54) is 5.56 Å². The third kappa shape index (κ3) is 5.20. The van der Waals surface area contributed by atoms with E-state index in [0.717, 1.165) is 36.1 Å². The first-order valence-electron chi connectivity index (χ1n) is 11.0. The predicted molar refractivity (Wildman–Crippen MR) is 120 cm³/mol. The Balaban J connectivity index is 1.35. The summed E-state index contributed by atoms with van der Waals surface area (Å²) in [6.45, 7) is 8.34. The highest BCUT2D eigenvalue weighted by molar-refractivity contribution is 5.79. The normalized spacial score (nSPS) is 18.0. The Kier molecular flexibility index (Phi) is 6.47. The number of piperidine rings is 1. The Bertz CT molecular complexity index is 1030. The molecule has 6 heteroatoms. The predicted octanol–water partition coefficient (Wildman–Crippen LogP) is 4.44. The van der Waals surface area contributed by atoms with Gasteiger partial charge in [0.05, 0.1) is 18.5 Å². The number of aromatic nitrogens is 2. The number of carbonyl (C=O) groups is 1. The minimum absolute atomic E-state index is 0.00362. The molecule has 2 unspecified atom stereocenters. The van der Waals surface area contributed by atoms with E-state index in [-0.39, 0.29) is 17.9 Å². The topological polar surface area (TPSA) is 71.3 Å². The molecule has 0 bridgehead atoms. The van der Waals surface area contributed by atoms with Gasteiger partial charge in [-0.15, -0.1) is 0 Å². The Morgan fingerprint density at radius 3 is 2.74 bits per heavy atom. The zero-order valence-corrected chi connectivity index (χ0v) is 18.5. The van der Waals surface area contributed by atoms with Crippen LogP contribution in [0.15, 0.2) is 53.1 Å². The van der Waals surface area contributed by atoms with Gasteiger partial charge in [0, 0.05) is 12.1 Å². The molecule has 3 aromatic rings. The minimum Gasteiger partial charge on any atom is -0.349 e. The van der Waals surface area contributed by atoms with Crippen LogP contribution < -0.4 is 5.32 Å². The molecule has 31 heavy (non-hydrogen) atoms. The fourth-order valence-electron chi connectivity index (χ4n) is 4.13. The first kappa shape index (κ1) is 21.2. The second-order valence-corrected chi connectivity index (χ2v) is 8.54. The lowest BCUT2D eigenvalue weighted by Gasteiger charge is -2.31. The van der Waals surface area contributed by atoms with E-state index >= 15 is 0 Å². The van der Waals surface area contributed by atoms with Crippen LogP contribution in [-0.4, -0.2) is 34.0 Å². The van der Waals surface area contributed by atoms with Gasteiger partial charge in [0.15, 0.2) is 0 Å². The Morgan fingerprint density at radius 1 is 1.19 bits per heavy atom. The summed E-state index contributed by atoms with van der Waals surface area (Å²) in [6.07, 6.45) is 1.89. The second kappa shape index (κ2) is 9.43. The fourth-order valence-corrected chi connectivity index (χ4v) is 4.13. The maximum Gasteiger partial charge on any atom is 0.241 e. The summed E-state index contributed by atoms with van der Waals surface area (Å²) in [6, 6.07) is 16.3. The molecule has 0 radical (unpaired) electrons. The van der Waals surface area contributed by atoms with Crippen molar-refractivity contribution in [1.82, 2.24) is 20.4 Å². The van der Waals surface area contributed by atoms with E-state index in [9.17, 15) is 4.79 Å². The quantitative estimate of drug-likeness (QED) is 0.641. The number of hydrogen-bond acceptors (Lipinski definition) is 5. The van der Waals surface area contributed by atoms with Crippen molar-refractivity contribution in [3.8, 4) is 11.4 Å². The molecule has 1 N–H and O–H groups in total. The van der Waals surface area contributed by atoms with E-state index in [0.29, 0.717) is 24.8 Å². The van der Waals surface area contributed by atoms with Gasteiger partial charge in [-0.3, -0.25) is 9.69 Å². The monoisotopic (exact) mass is 418 g/mol. The smallest absolute Gasteiger partial charge is 0.241 e. The zero-order valence-electron chi connectivity index (χ0n) is 18.5. The molecular formula is C25H30N4O2. The summed E-state index contributed by atoms with van der Waals surface area (Å²) < 4.78 is 5.50. The van der Waals surface area contributed by atoms with Crippen LogP contribution in [-0.2, 0) is 11.3 Å².